The number of amides is 1. The molecular formula is C22H23ClN6O. The number of aliphatic imine (C=N–C) groups is 1. The molecule has 1 amide bonds. The molecule has 2 aromatic rings. The number of carbonyl (C=O) groups excluding carboxylic acids is 1. The summed E-state index contributed by atoms with van der Waals surface area (Å²) in [5, 5.41) is 16.4. The fourth-order valence-corrected chi connectivity index (χ4v) is 3.60. The van der Waals surface area contributed by atoms with Crippen LogP contribution in [0.25, 0.3) is 0 Å². The summed E-state index contributed by atoms with van der Waals surface area (Å²) in [6.07, 6.45) is 3.96. The normalized spacial score (nSPS) is 21.5. The van der Waals surface area contributed by atoms with Gasteiger partial charge in [0.25, 0.3) is 5.91 Å². The third-order valence-corrected chi connectivity index (χ3v) is 5.64. The first kappa shape index (κ1) is 20.4. The van der Waals surface area contributed by atoms with Crippen LogP contribution in [0.5, 0.6) is 0 Å². The van der Waals surface area contributed by atoms with Gasteiger partial charge in [0, 0.05) is 29.1 Å². The zero-order valence-corrected chi connectivity index (χ0v) is 17.1. The standard InChI is InChI=1S/C22H23ClN6O/c23-17-9-7-15(8-10-17)19-12-20(29-28-19)26-22(25-18-5-2-6-18)27-21(30)16-4-1-3-14(11-16)13-24/h1,3-4,7-11,18-20,28-29H,2,5-6,12H2,(H2,25,26,27,30). The van der Waals surface area contributed by atoms with Crippen LogP contribution >= 0.6 is 11.6 Å². The second kappa shape index (κ2) is 9.26. The highest BCUT2D eigenvalue weighted by atomic mass is 35.5. The number of rotatable bonds is 4. The van der Waals surface area contributed by atoms with Crippen LogP contribution in [0.3, 0.4) is 0 Å². The van der Waals surface area contributed by atoms with E-state index in [0.29, 0.717) is 28.2 Å². The molecule has 2 atom stereocenters. The van der Waals surface area contributed by atoms with Crippen LogP contribution in [0.2, 0.25) is 5.02 Å². The second-order valence-corrected chi connectivity index (χ2v) is 7.99. The summed E-state index contributed by atoms with van der Waals surface area (Å²) >= 11 is 5.98. The highest BCUT2D eigenvalue weighted by Gasteiger charge is 2.27. The number of guanidine groups is 1. The molecule has 1 saturated heterocycles. The molecule has 154 valence electrons. The number of hydrazine groups is 1. The molecule has 0 spiro atoms. The summed E-state index contributed by atoms with van der Waals surface area (Å²) in [5.41, 5.74) is 8.45. The molecule has 1 heterocycles. The van der Waals surface area contributed by atoms with Gasteiger partial charge in [0.15, 0.2) is 0 Å². The van der Waals surface area contributed by atoms with E-state index in [-0.39, 0.29) is 18.1 Å². The van der Waals surface area contributed by atoms with Crippen molar-refractivity contribution in [3.63, 3.8) is 0 Å². The number of benzene rings is 2. The van der Waals surface area contributed by atoms with Crippen LogP contribution in [0.1, 0.15) is 53.2 Å². The Hall–Kier alpha value is -2.92. The van der Waals surface area contributed by atoms with Crippen LogP contribution in [0, 0.1) is 11.3 Å². The summed E-state index contributed by atoms with van der Waals surface area (Å²) in [6.45, 7) is 0. The van der Waals surface area contributed by atoms with E-state index >= 15 is 0 Å². The van der Waals surface area contributed by atoms with Gasteiger partial charge in [0.05, 0.1) is 17.8 Å². The molecule has 8 heteroatoms. The topological polar surface area (TPSA) is 101 Å². The first-order valence-electron chi connectivity index (χ1n) is 10.0. The number of hydrogen-bond acceptors (Lipinski definition) is 4. The molecule has 7 nitrogen and oxygen atoms in total. The van der Waals surface area contributed by atoms with Crippen molar-refractivity contribution in [2.45, 2.75) is 43.9 Å². The Balaban J connectivity index is 1.45. The lowest BCUT2D eigenvalue weighted by atomic mass is 9.93. The Kier molecular flexibility index (Phi) is 6.29. The predicted molar refractivity (Wildman–Crippen MR) is 116 cm³/mol. The molecule has 4 N–H and O–H groups in total. The minimum atomic E-state index is -0.387. The zero-order chi connectivity index (χ0) is 20.9. The first-order chi connectivity index (χ1) is 14.6. The molecule has 2 unspecified atom stereocenters. The maximum Gasteiger partial charge on any atom is 0.280 e. The highest BCUT2D eigenvalue weighted by Crippen LogP contribution is 2.23. The van der Waals surface area contributed by atoms with Crippen molar-refractivity contribution < 1.29 is 4.79 Å². The van der Waals surface area contributed by atoms with Crippen LogP contribution in [0.4, 0.5) is 0 Å². The summed E-state index contributed by atoms with van der Waals surface area (Å²) in [7, 11) is 0. The highest BCUT2D eigenvalue weighted by molar-refractivity contribution is 6.30. The van der Waals surface area contributed by atoms with Gasteiger partial charge in [-0.2, -0.15) is 10.3 Å². The van der Waals surface area contributed by atoms with Crippen molar-refractivity contribution in [2.24, 2.45) is 4.99 Å². The van der Waals surface area contributed by atoms with Crippen molar-refractivity contribution in [1.29, 1.82) is 5.26 Å². The van der Waals surface area contributed by atoms with Crippen LogP contribution in [-0.4, -0.2) is 24.1 Å². The van der Waals surface area contributed by atoms with E-state index < -0.39 is 0 Å². The fourth-order valence-electron chi connectivity index (χ4n) is 3.47. The number of halogens is 1. The van der Waals surface area contributed by atoms with E-state index in [0.717, 1.165) is 24.8 Å². The van der Waals surface area contributed by atoms with Crippen LogP contribution in [0.15, 0.2) is 53.5 Å². The van der Waals surface area contributed by atoms with E-state index in [4.69, 9.17) is 16.9 Å². The molecule has 1 aliphatic carbocycles. The predicted octanol–water partition coefficient (Wildman–Crippen LogP) is 3.00. The van der Waals surface area contributed by atoms with Gasteiger partial charge in [-0.1, -0.05) is 29.8 Å². The molecule has 2 aromatic carbocycles. The average Bonchev–Trinajstić information content (AvgIpc) is 3.19. The van der Waals surface area contributed by atoms with Crippen molar-refractivity contribution in [1.82, 2.24) is 21.5 Å². The summed E-state index contributed by atoms with van der Waals surface area (Å²) in [6, 6.07) is 16.8. The third-order valence-electron chi connectivity index (χ3n) is 5.38. The maximum atomic E-state index is 12.7. The monoisotopic (exact) mass is 422 g/mol. The third kappa shape index (κ3) is 4.97. The minimum absolute atomic E-state index is 0.102. The maximum absolute atomic E-state index is 12.7. The van der Waals surface area contributed by atoms with E-state index in [2.05, 4.69) is 32.5 Å². The van der Waals surface area contributed by atoms with Crippen molar-refractivity contribution in [3.8, 4) is 6.07 Å². The number of hydrogen-bond donors (Lipinski definition) is 4. The number of nitrogens with zero attached hydrogens (tertiary/aromatic N) is 2. The van der Waals surface area contributed by atoms with Crippen molar-refractivity contribution in [2.75, 3.05) is 0 Å². The van der Waals surface area contributed by atoms with E-state index in [9.17, 15) is 4.79 Å². The number of carbonyl (C=O) groups is 1. The molecule has 0 bridgehead atoms. The quantitative estimate of drug-likeness (QED) is 0.446. The molecule has 2 aliphatic rings. The lowest BCUT2D eigenvalue weighted by molar-refractivity contribution is 0.100. The van der Waals surface area contributed by atoms with E-state index in [1.54, 1.807) is 24.3 Å². The van der Waals surface area contributed by atoms with Gasteiger partial charge < -0.3 is 10.6 Å². The SMILES string of the molecule is N#Cc1cccc(C(=O)/N=C(/NC2CCC2)NC2CC(c3ccc(Cl)cc3)NN2)c1. The molecular weight excluding hydrogens is 400 g/mol. The summed E-state index contributed by atoms with van der Waals surface area (Å²) in [4.78, 5) is 17.0. The Bertz CT molecular complexity index is 980. The Morgan fingerprint density at radius 2 is 1.93 bits per heavy atom. The van der Waals surface area contributed by atoms with Crippen LogP contribution < -0.4 is 21.5 Å². The summed E-state index contributed by atoms with van der Waals surface area (Å²) < 4.78 is 0. The van der Waals surface area contributed by atoms with Gasteiger partial charge in [0.2, 0.25) is 5.96 Å². The van der Waals surface area contributed by atoms with E-state index in [1.807, 2.05) is 24.3 Å². The fraction of sp³-hybridized carbons (Fsp3) is 0.318. The Morgan fingerprint density at radius 3 is 2.63 bits per heavy atom. The lowest BCUT2D eigenvalue weighted by Gasteiger charge is -2.29. The molecule has 30 heavy (non-hydrogen) atoms. The largest absolute Gasteiger partial charge is 0.353 e. The number of nitrogens with one attached hydrogen (secondary N) is 4. The smallest absolute Gasteiger partial charge is 0.280 e. The van der Waals surface area contributed by atoms with Gasteiger partial charge in [-0.25, -0.2) is 10.9 Å². The van der Waals surface area contributed by atoms with Gasteiger partial charge in [-0.3, -0.25) is 4.79 Å². The first-order valence-corrected chi connectivity index (χ1v) is 10.4. The Morgan fingerprint density at radius 1 is 1.13 bits per heavy atom. The van der Waals surface area contributed by atoms with Gasteiger partial charge in [-0.15, -0.1) is 0 Å². The molecule has 0 radical (unpaired) electrons. The van der Waals surface area contributed by atoms with Crippen LogP contribution in [-0.2, 0) is 0 Å². The number of nitriles is 1. The van der Waals surface area contributed by atoms with Gasteiger partial charge in [-0.05, 0) is 55.2 Å². The molecule has 2 fully saturated rings. The van der Waals surface area contributed by atoms with Gasteiger partial charge in [0.1, 0.15) is 0 Å². The van der Waals surface area contributed by atoms with Gasteiger partial charge >= 0.3 is 0 Å². The van der Waals surface area contributed by atoms with Crippen molar-refractivity contribution in [3.05, 3.63) is 70.2 Å². The zero-order valence-electron chi connectivity index (χ0n) is 16.4. The minimum Gasteiger partial charge on any atom is -0.353 e. The van der Waals surface area contributed by atoms with Crippen molar-refractivity contribution >= 4 is 23.5 Å². The molecule has 1 aliphatic heterocycles. The van der Waals surface area contributed by atoms with E-state index in [1.165, 1.54) is 6.42 Å². The Labute approximate surface area is 180 Å². The molecule has 1 saturated carbocycles. The lowest BCUT2D eigenvalue weighted by Crippen LogP contribution is -2.53. The summed E-state index contributed by atoms with van der Waals surface area (Å²) in [5.74, 6) is 0.0600. The second-order valence-electron chi connectivity index (χ2n) is 7.56. The molecule has 0 aromatic heterocycles. The molecule has 4 rings (SSSR count). The average molecular weight is 423 g/mol.